The summed E-state index contributed by atoms with van der Waals surface area (Å²) >= 11 is 0. The largest absolute Gasteiger partial charge is 0.462 e. The van der Waals surface area contributed by atoms with Crippen molar-refractivity contribution in [3.8, 4) is 0 Å². The third kappa shape index (κ3) is 35.0. The van der Waals surface area contributed by atoms with E-state index in [1.807, 2.05) is 0 Å². The zero-order valence-corrected chi connectivity index (χ0v) is 30.6. The third-order valence-corrected chi connectivity index (χ3v) is 8.18. The minimum atomic E-state index is -0.528. The lowest BCUT2D eigenvalue weighted by molar-refractivity contribution is -0.163. The van der Waals surface area contributed by atoms with Gasteiger partial charge in [0.2, 0.25) is 0 Å². The van der Waals surface area contributed by atoms with Crippen molar-refractivity contribution in [1.29, 1.82) is 0 Å². The van der Waals surface area contributed by atoms with Crippen LogP contribution in [-0.4, -0.2) is 37.9 Å². The quantitative estimate of drug-likeness (QED) is 0.0389. The van der Waals surface area contributed by atoms with Crippen molar-refractivity contribution in [2.24, 2.45) is 0 Å². The molecule has 0 fully saturated rings. The van der Waals surface area contributed by atoms with Gasteiger partial charge in [-0.15, -0.1) is 0 Å². The van der Waals surface area contributed by atoms with E-state index in [4.69, 9.17) is 14.2 Å². The maximum Gasteiger partial charge on any atom is 0.306 e. The van der Waals surface area contributed by atoms with Gasteiger partial charge in [0, 0.05) is 19.4 Å². The molecular weight excluding hydrogens is 572 g/mol. The second kappa shape index (κ2) is 37.6. The summed E-state index contributed by atoms with van der Waals surface area (Å²) in [5.41, 5.74) is 0. The lowest BCUT2D eigenvalue weighted by Gasteiger charge is -2.18. The van der Waals surface area contributed by atoms with E-state index >= 15 is 0 Å². The third-order valence-electron chi connectivity index (χ3n) is 8.18. The fourth-order valence-corrected chi connectivity index (χ4v) is 5.22. The molecule has 0 aliphatic carbocycles. The molecule has 46 heavy (non-hydrogen) atoms. The SMILES string of the molecule is CCCCC/C=C\C/C=C\C/C=C\CCCCCCCCCOCC(COC(=O)CCCCCCC)OC(=O)CCCCCCC. The van der Waals surface area contributed by atoms with Gasteiger partial charge in [0.1, 0.15) is 6.61 Å². The Morgan fingerprint density at radius 3 is 1.50 bits per heavy atom. The number of unbranched alkanes of at least 4 members (excludes halogenated alkanes) is 18. The first-order valence-corrected chi connectivity index (χ1v) is 19.5. The normalized spacial score (nSPS) is 12.5. The highest BCUT2D eigenvalue weighted by Gasteiger charge is 2.17. The Kier molecular flexibility index (Phi) is 36.0. The van der Waals surface area contributed by atoms with Crippen molar-refractivity contribution in [3.05, 3.63) is 36.5 Å². The second-order valence-corrected chi connectivity index (χ2v) is 12.8. The van der Waals surface area contributed by atoms with Crippen molar-refractivity contribution in [2.45, 2.75) is 194 Å². The summed E-state index contributed by atoms with van der Waals surface area (Å²) in [5, 5.41) is 0. The average molecular weight is 647 g/mol. The smallest absolute Gasteiger partial charge is 0.306 e. The molecule has 0 aromatic heterocycles. The highest BCUT2D eigenvalue weighted by molar-refractivity contribution is 5.70. The summed E-state index contributed by atoms with van der Waals surface area (Å²) in [6, 6.07) is 0. The van der Waals surface area contributed by atoms with Crippen LogP contribution in [0.1, 0.15) is 188 Å². The Balaban J connectivity index is 3.96. The minimum Gasteiger partial charge on any atom is -0.462 e. The molecule has 0 aromatic carbocycles. The van der Waals surface area contributed by atoms with Crippen molar-refractivity contribution in [2.75, 3.05) is 19.8 Å². The monoisotopic (exact) mass is 647 g/mol. The maximum absolute atomic E-state index is 12.4. The number of esters is 2. The lowest BCUT2D eigenvalue weighted by atomic mass is 10.1. The number of hydrogen-bond donors (Lipinski definition) is 0. The highest BCUT2D eigenvalue weighted by Crippen LogP contribution is 2.11. The number of rotatable bonds is 35. The molecule has 0 N–H and O–H groups in total. The molecular formula is C41H74O5. The van der Waals surface area contributed by atoms with Gasteiger partial charge in [-0.3, -0.25) is 9.59 Å². The van der Waals surface area contributed by atoms with Gasteiger partial charge in [0.15, 0.2) is 6.10 Å². The first-order valence-electron chi connectivity index (χ1n) is 19.5. The van der Waals surface area contributed by atoms with E-state index < -0.39 is 6.10 Å². The van der Waals surface area contributed by atoms with Gasteiger partial charge < -0.3 is 14.2 Å². The van der Waals surface area contributed by atoms with Crippen LogP contribution in [0.25, 0.3) is 0 Å². The Morgan fingerprint density at radius 2 is 0.913 bits per heavy atom. The number of carbonyl (C=O) groups excluding carboxylic acids is 2. The number of carbonyl (C=O) groups is 2. The zero-order chi connectivity index (χ0) is 33.6. The van der Waals surface area contributed by atoms with Crippen LogP contribution in [-0.2, 0) is 23.8 Å². The molecule has 0 saturated carbocycles. The number of ether oxygens (including phenoxy) is 3. The summed E-state index contributed by atoms with van der Waals surface area (Å²) in [6.45, 7) is 7.62. The number of allylic oxidation sites excluding steroid dienone is 6. The van der Waals surface area contributed by atoms with Gasteiger partial charge in [-0.25, -0.2) is 0 Å². The minimum absolute atomic E-state index is 0.0815. The molecule has 0 bridgehead atoms. The van der Waals surface area contributed by atoms with Crippen molar-refractivity contribution >= 4 is 11.9 Å². The summed E-state index contributed by atoms with van der Waals surface area (Å²) in [4.78, 5) is 24.6. The van der Waals surface area contributed by atoms with Crippen LogP contribution in [0.4, 0.5) is 0 Å². The van der Waals surface area contributed by atoms with Crippen molar-refractivity contribution < 1.29 is 23.8 Å². The molecule has 0 spiro atoms. The molecule has 0 amide bonds. The topological polar surface area (TPSA) is 61.8 Å². The standard InChI is InChI=1S/C41H74O5/c1-4-7-10-13-14-15-16-17-18-19-20-21-22-23-24-25-26-27-30-33-36-44-37-39(46-41(43)35-32-29-12-9-6-3)38-45-40(42)34-31-28-11-8-5-2/h14-15,17-18,20-21,39H,4-13,16,19,22-38H2,1-3H3/b15-14-,18-17-,21-20-. The van der Waals surface area contributed by atoms with Crippen LogP contribution in [0.2, 0.25) is 0 Å². The summed E-state index contributed by atoms with van der Waals surface area (Å²) in [5.74, 6) is -0.429. The van der Waals surface area contributed by atoms with Gasteiger partial charge in [-0.1, -0.05) is 154 Å². The average Bonchev–Trinajstić information content (AvgIpc) is 3.05. The highest BCUT2D eigenvalue weighted by atomic mass is 16.6. The molecule has 0 aliphatic heterocycles. The fourth-order valence-electron chi connectivity index (χ4n) is 5.22. The molecule has 268 valence electrons. The lowest BCUT2D eigenvalue weighted by Crippen LogP contribution is -2.30. The predicted octanol–water partition coefficient (Wildman–Crippen LogP) is 12.3. The van der Waals surface area contributed by atoms with E-state index in [9.17, 15) is 9.59 Å². The van der Waals surface area contributed by atoms with Crippen LogP contribution in [0.15, 0.2) is 36.5 Å². The van der Waals surface area contributed by atoms with Gasteiger partial charge in [-0.05, 0) is 57.8 Å². The zero-order valence-electron chi connectivity index (χ0n) is 30.6. The van der Waals surface area contributed by atoms with Gasteiger partial charge in [0.05, 0.1) is 6.61 Å². The molecule has 1 unspecified atom stereocenters. The summed E-state index contributed by atoms with van der Waals surface area (Å²) < 4.78 is 17.0. The van der Waals surface area contributed by atoms with E-state index in [0.29, 0.717) is 19.4 Å². The van der Waals surface area contributed by atoms with E-state index in [1.54, 1.807) is 0 Å². The van der Waals surface area contributed by atoms with Gasteiger partial charge >= 0.3 is 11.9 Å². The van der Waals surface area contributed by atoms with Crippen LogP contribution in [0, 0.1) is 0 Å². The van der Waals surface area contributed by atoms with Crippen LogP contribution >= 0.6 is 0 Å². The van der Waals surface area contributed by atoms with E-state index in [-0.39, 0.29) is 25.2 Å². The van der Waals surface area contributed by atoms with Crippen LogP contribution in [0.3, 0.4) is 0 Å². The van der Waals surface area contributed by atoms with E-state index in [0.717, 1.165) is 64.2 Å². The van der Waals surface area contributed by atoms with Crippen LogP contribution < -0.4 is 0 Å². The van der Waals surface area contributed by atoms with Gasteiger partial charge in [0.25, 0.3) is 0 Å². The molecule has 0 aliphatic rings. The van der Waals surface area contributed by atoms with Gasteiger partial charge in [-0.2, -0.15) is 0 Å². The summed E-state index contributed by atoms with van der Waals surface area (Å²) in [6.07, 6.45) is 41.9. The number of hydrogen-bond acceptors (Lipinski definition) is 5. The fraction of sp³-hybridized carbons (Fsp3) is 0.805. The molecule has 0 rings (SSSR count). The van der Waals surface area contributed by atoms with E-state index in [2.05, 4.69) is 57.2 Å². The predicted molar refractivity (Wildman–Crippen MR) is 196 cm³/mol. The molecule has 0 heterocycles. The Labute approximate surface area is 285 Å². The molecule has 0 saturated heterocycles. The first kappa shape index (κ1) is 44.1. The molecule has 0 aromatic rings. The molecule has 5 nitrogen and oxygen atoms in total. The van der Waals surface area contributed by atoms with Crippen molar-refractivity contribution in [1.82, 2.24) is 0 Å². The molecule has 1 atom stereocenters. The Hall–Kier alpha value is -1.88. The van der Waals surface area contributed by atoms with Crippen molar-refractivity contribution in [3.63, 3.8) is 0 Å². The maximum atomic E-state index is 12.4. The molecule has 0 radical (unpaired) electrons. The second-order valence-electron chi connectivity index (χ2n) is 12.8. The van der Waals surface area contributed by atoms with Crippen LogP contribution in [0.5, 0.6) is 0 Å². The van der Waals surface area contributed by atoms with E-state index in [1.165, 1.54) is 89.9 Å². The first-order chi connectivity index (χ1) is 22.6. The Bertz CT molecular complexity index is 741. The molecule has 5 heteroatoms. The Morgan fingerprint density at radius 1 is 0.478 bits per heavy atom. The summed E-state index contributed by atoms with van der Waals surface area (Å²) in [7, 11) is 0.